The van der Waals surface area contributed by atoms with Crippen molar-refractivity contribution in [1.82, 2.24) is 4.98 Å². The van der Waals surface area contributed by atoms with Crippen molar-refractivity contribution in [2.45, 2.75) is 4.90 Å². The molecule has 0 fully saturated rings. The van der Waals surface area contributed by atoms with Crippen molar-refractivity contribution in [3.63, 3.8) is 0 Å². The Bertz CT molecular complexity index is 566. The number of aromatic nitrogens is 1. The molecule has 1 aromatic carbocycles. The van der Waals surface area contributed by atoms with E-state index in [0.717, 1.165) is 6.07 Å². The average molecular weight is 268 g/mol. The number of benzene rings is 1. The molecule has 1 aromatic heterocycles. The molecule has 16 heavy (non-hydrogen) atoms. The number of hydrogen-bond acceptors (Lipinski definition) is 3. The van der Waals surface area contributed by atoms with Gasteiger partial charge in [0.2, 0.25) is 0 Å². The van der Waals surface area contributed by atoms with Gasteiger partial charge in [-0.05, 0) is 29.3 Å². The molecule has 1 atom stereocenters. The number of pyridine rings is 1. The zero-order valence-corrected chi connectivity index (χ0v) is 11.8. The second-order valence-electron chi connectivity index (χ2n) is 2.84. The molecule has 0 N–H and O–H groups in total. The van der Waals surface area contributed by atoms with Gasteiger partial charge < -0.3 is 4.55 Å². The number of nitrogens with zero attached hydrogens (tertiary/aromatic N) is 1. The van der Waals surface area contributed by atoms with Gasteiger partial charge in [-0.2, -0.15) is 0 Å². The topological polar surface area (TPSA) is 53.0 Å². The van der Waals surface area contributed by atoms with Crippen LogP contribution in [0, 0.1) is 5.82 Å². The van der Waals surface area contributed by atoms with E-state index >= 15 is 0 Å². The SMILES string of the molecule is O=S([O-])c1cc2ccc(Cl)nc2cc1F.[Na+]. The van der Waals surface area contributed by atoms with Crippen LogP contribution in [0.15, 0.2) is 29.2 Å². The zero-order valence-electron chi connectivity index (χ0n) is 8.24. The summed E-state index contributed by atoms with van der Waals surface area (Å²) in [6.07, 6.45) is 0. The molecule has 1 unspecified atom stereocenters. The van der Waals surface area contributed by atoms with Crippen LogP contribution in [0.25, 0.3) is 10.9 Å². The van der Waals surface area contributed by atoms with Gasteiger partial charge in [-0.1, -0.05) is 11.6 Å². The van der Waals surface area contributed by atoms with Gasteiger partial charge in [-0.15, -0.1) is 0 Å². The molecule has 78 valence electrons. The molecule has 1 heterocycles. The molecule has 0 aliphatic rings. The van der Waals surface area contributed by atoms with Crippen LogP contribution < -0.4 is 29.6 Å². The molecule has 7 heteroatoms. The first-order chi connectivity index (χ1) is 7.08. The quantitative estimate of drug-likeness (QED) is 0.389. The summed E-state index contributed by atoms with van der Waals surface area (Å²) in [6.45, 7) is 0. The predicted molar refractivity (Wildman–Crippen MR) is 53.9 cm³/mol. The molecule has 0 saturated heterocycles. The monoisotopic (exact) mass is 267 g/mol. The van der Waals surface area contributed by atoms with Crippen LogP contribution in [-0.2, 0) is 11.1 Å². The van der Waals surface area contributed by atoms with Crippen molar-refractivity contribution in [2.75, 3.05) is 0 Å². The van der Waals surface area contributed by atoms with Crippen molar-refractivity contribution < 1.29 is 42.7 Å². The van der Waals surface area contributed by atoms with E-state index in [-0.39, 0.29) is 39.6 Å². The van der Waals surface area contributed by atoms with E-state index in [1.165, 1.54) is 12.1 Å². The van der Waals surface area contributed by atoms with Crippen molar-refractivity contribution in [2.24, 2.45) is 0 Å². The van der Waals surface area contributed by atoms with Crippen molar-refractivity contribution in [1.29, 1.82) is 0 Å². The summed E-state index contributed by atoms with van der Waals surface area (Å²) in [6, 6.07) is 5.36. The summed E-state index contributed by atoms with van der Waals surface area (Å²) in [5, 5.41) is 0.762. The molecular formula is C9H4ClFNNaO2S. The van der Waals surface area contributed by atoms with Crippen LogP contribution in [0.1, 0.15) is 0 Å². The summed E-state index contributed by atoms with van der Waals surface area (Å²) in [5.41, 5.74) is 0.328. The normalized spacial score (nSPS) is 12.2. The third-order valence-electron chi connectivity index (χ3n) is 1.89. The van der Waals surface area contributed by atoms with Crippen molar-refractivity contribution in [3.8, 4) is 0 Å². The van der Waals surface area contributed by atoms with E-state index < -0.39 is 16.9 Å². The van der Waals surface area contributed by atoms with Crippen LogP contribution in [0.2, 0.25) is 5.15 Å². The van der Waals surface area contributed by atoms with Crippen molar-refractivity contribution in [3.05, 3.63) is 35.2 Å². The van der Waals surface area contributed by atoms with E-state index in [0.29, 0.717) is 10.9 Å². The van der Waals surface area contributed by atoms with Gasteiger partial charge in [0.1, 0.15) is 11.0 Å². The second-order valence-corrected chi connectivity index (χ2v) is 4.14. The largest absolute Gasteiger partial charge is 1.00 e. The Kier molecular flexibility index (Phi) is 4.85. The Morgan fingerprint density at radius 1 is 1.38 bits per heavy atom. The standard InChI is InChI=1S/C9H5ClFNO2S.Na/c10-9-2-1-5-3-8(15(13)14)6(11)4-7(5)12-9;/h1-4H,(H,13,14);/q;+1/p-1. The smallest absolute Gasteiger partial charge is 0.768 e. The molecule has 0 aliphatic carbocycles. The number of fused-ring (bicyclic) bond motifs is 1. The summed E-state index contributed by atoms with van der Waals surface area (Å²) < 4.78 is 34.5. The first-order valence-electron chi connectivity index (χ1n) is 3.93. The molecule has 0 bridgehead atoms. The number of rotatable bonds is 1. The Morgan fingerprint density at radius 2 is 2.06 bits per heavy atom. The van der Waals surface area contributed by atoms with Gasteiger partial charge in [0.15, 0.2) is 0 Å². The minimum absolute atomic E-state index is 0. The van der Waals surface area contributed by atoms with Gasteiger partial charge in [0, 0.05) is 11.5 Å². The Balaban J connectivity index is 0.00000128. The van der Waals surface area contributed by atoms with Gasteiger partial charge in [-0.3, -0.25) is 4.21 Å². The second kappa shape index (κ2) is 5.53. The van der Waals surface area contributed by atoms with E-state index in [4.69, 9.17) is 11.6 Å². The molecule has 2 aromatic rings. The molecule has 0 spiro atoms. The van der Waals surface area contributed by atoms with Crippen LogP contribution in [0.3, 0.4) is 0 Å². The molecule has 0 saturated carbocycles. The maximum absolute atomic E-state index is 13.2. The Labute approximate surface area is 121 Å². The zero-order chi connectivity index (χ0) is 11.0. The average Bonchev–Trinajstić information content (AvgIpc) is 2.15. The maximum Gasteiger partial charge on any atom is 1.00 e. The van der Waals surface area contributed by atoms with E-state index in [1.807, 2.05) is 0 Å². The molecule has 0 aliphatic heterocycles. The maximum atomic E-state index is 13.2. The fourth-order valence-electron chi connectivity index (χ4n) is 1.23. The fraction of sp³-hybridized carbons (Fsp3) is 0. The minimum atomic E-state index is -2.59. The van der Waals surface area contributed by atoms with Crippen LogP contribution >= 0.6 is 11.6 Å². The molecule has 3 nitrogen and oxygen atoms in total. The Hall–Kier alpha value is -0.0400. The first-order valence-corrected chi connectivity index (χ1v) is 5.38. The summed E-state index contributed by atoms with van der Waals surface area (Å²) in [4.78, 5) is 3.49. The van der Waals surface area contributed by atoms with Crippen LogP contribution in [-0.4, -0.2) is 13.7 Å². The van der Waals surface area contributed by atoms with E-state index in [1.54, 1.807) is 6.07 Å². The van der Waals surface area contributed by atoms with Crippen LogP contribution in [0.5, 0.6) is 0 Å². The molecule has 0 radical (unpaired) electrons. The van der Waals surface area contributed by atoms with Gasteiger partial charge in [-0.25, -0.2) is 9.37 Å². The number of halogens is 2. The molecular weight excluding hydrogens is 264 g/mol. The predicted octanol–water partition coefficient (Wildman–Crippen LogP) is -0.731. The summed E-state index contributed by atoms with van der Waals surface area (Å²) in [5.74, 6) is -0.828. The third-order valence-corrected chi connectivity index (χ3v) is 2.77. The first kappa shape index (κ1) is 14.0. The van der Waals surface area contributed by atoms with Crippen LogP contribution in [0.4, 0.5) is 4.39 Å². The summed E-state index contributed by atoms with van der Waals surface area (Å²) in [7, 11) is 0. The van der Waals surface area contributed by atoms with Gasteiger partial charge in [0.05, 0.1) is 10.4 Å². The third kappa shape index (κ3) is 2.80. The van der Waals surface area contributed by atoms with Gasteiger partial charge >= 0.3 is 29.6 Å². The fourth-order valence-corrected chi connectivity index (χ4v) is 1.82. The Morgan fingerprint density at radius 3 is 2.69 bits per heavy atom. The molecule has 0 amide bonds. The van der Waals surface area contributed by atoms with E-state index in [2.05, 4.69) is 4.98 Å². The van der Waals surface area contributed by atoms with Gasteiger partial charge in [0.25, 0.3) is 0 Å². The van der Waals surface area contributed by atoms with Crippen molar-refractivity contribution >= 4 is 33.6 Å². The minimum Gasteiger partial charge on any atom is -0.768 e. The molecule has 2 rings (SSSR count). The van der Waals surface area contributed by atoms with E-state index in [9.17, 15) is 13.2 Å². The summed E-state index contributed by atoms with van der Waals surface area (Å²) >= 11 is 3.03. The number of hydrogen-bond donors (Lipinski definition) is 0.